The molecule has 0 aliphatic carbocycles. The van der Waals surface area contributed by atoms with Crippen molar-refractivity contribution in [3.63, 3.8) is 0 Å². The van der Waals surface area contributed by atoms with Crippen LogP contribution in [0.5, 0.6) is 11.5 Å². The van der Waals surface area contributed by atoms with Gasteiger partial charge in [0, 0.05) is 6.08 Å². The number of para-hydroxylation sites is 2. The molecule has 0 radical (unpaired) electrons. The average molecular weight is 397 g/mol. The summed E-state index contributed by atoms with van der Waals surface area (Å²) in [5.74, 6) is 1.85. The maximum atomic E-state index is 12.4. The average Bonchev–Trinajstić information content (AvgIpc) is 2.98. The van der Waals surface area contributed by atoms with E-state index in [-0.39, 0.29) is 23.7 Å². The zero-order chi connectivity index (χ0) is 19.5. The number of thioether (sulfide) groups is 1. The third-order valence-electron chi connectivity index (χ3n) is 4.37. The van der Waals surface area contributed by atoms with Crippen molar-refractivity contribution in [1.29, 1.82) is 0 Å². The maximum Gasteiger partial charge on any atom is 0.251 e. The molecule has 2 aliphatic heterocycles. The van der Waals surface area contributed by atoms with Crippen molar-refractivity contribution in [2.75, 3.05) is 24.7 Å². The highest BCUT2D eigenvalue weighted by atomic mass is 32.2. The predicted octanol–water partition coefficient (Wildman–Crippen LogP) is 2.69. The fraction of sp³-hybridized carbons (Fsp3) is 0.200. The molecule has 0 bridgehead atoms. The minimum absolute atomic E-state index is 0.0232. The summed E-state index contributed by atoms with van der Waals surface area (Å²) in [5.41, 5.74) is 4.72. The maximum absolute atomic E-state index is 12.4. The van der Waals surface area contributed by atoms with E-state index < -0.39 is 0 Å². The van der Waals surface area contributed by atoms with E-state index in [4.69, 9.17) is 9.47 Å². The molecule has 2 heterocycles. The topological polar surface area (TPSA) is 79.9 Å². The lowest BCUT2D eigenvalue weighted by Gasteiger charge is -2.25. The summed E-state index contributed by atoms with van der Waals surface area (Å²) in [6, 6.07) is 14.8. The van der Waals surface area contributed by atoms with Crippen molar-refractivity contribution in [2.45, 2.75) is 5.37 Å². The highest BCUT2D eigenvalue weighted by molar-refractivity contribution is 8.00. The van der Waals surface area contributed by atoms with Crippen LogP contribution in [0.2, 0.25) is 0 Å². The smallest absolute Gasteiger partial charge is 0.251 e. The Labute approximate surface area is 166 Å². The van der Waals surface area contributed by atoms with Crippen molar-refractivity contribution in [3.05, 3.63) is 65.9 Å². The number of benzene rings is 2. The molecular weight excluding hydrogens is 378 g/mol. The predicted molar refractivity (Wildman–Crippen MR) is 107 cm³/mol. The van der Waals surface area contributed by atoms with Gasteiger partial charge in [-0.25, -0.2) is 5.43 Å². The number of amides is 2. The molecule has 0 aromatic heterocycles. The number of rotatable bonds is 5. The van der Waals surface area contributed by atoms with E-state index in [0.717, 1.165) is 11.3 Å². The zero-order valence-corrected chi connectivity index (χ0v) is 16.0. The molecule has 2 aliphatic rings. The van der Waals surface area contributed by atoms with Crippen molar-refractivity contribution in [1.82, 2.24) is 10.4 Å². The lowest BCUT2D eigenvalue weighted by molar-refractivity contribution is -0.131. The summed E-state index contributed by atoms with van der Waals surface area (Å²) in [5, 5.41) is 4.20. The molecule has 1 unspecified atom stereocenters. The Balaban J connectivity index is 1.48. The SMILES string of the molecule is COc1ccc(C2SCC(=O)N2NCC2=CC(=O)Nc3ccccc3O2)cc1. The monoisotopic (exact) mass is 397 g/mol. The van der Waals surface area contributed by atoms with Crippen LogP contribution in [0.4, 0.5) is 5.69 Å². The van der Waals surface area contributed by atoms with Crippen LogP contribution in [0.3, 0.4) is 0 Å². The van der Waals surface area contributed by atoms with Gasteiger partial charge in [-0.2, -0.15) is 0 Å². The molecule has 28 heavy (non-hydrogen) atoms. The van der Waals surface area contributed by atoms with E-state index in [1.54, 1.807) is 24.3 Å². The Kier molecular flexibility index (Phi) is 5.23. The standard InChI is InChI=1S/C20H19N3O4S/c1-26-14-8-6-13(7-9-14)20-23(19(25)12-28-20)21-11-15-10-18(24)22-16-4-2-3-5-17(16)27-15/h2-10,20-21H,11-12H2,1H3,(H,22,24). The number of carbonyl (C=O) groups is 2. The number of hydrogen-bond acceptors (Lipinski definition) is 6. The first-order valence-electron chi connectivity index (χ1n) is 8.73. The molecule has 2 aromatic rings. The van der Waals surface area contributed by atoms with E-state index in [1.165, 1.54) is 17.8 Å². The number of anilines is 1. The molecule has 1 atom stereocenters. The lowest BCUT2D eigenvalue weighted by atomic mass is 10.2. The van der Waals surface area contributed by atoms with Gasteiger partial charge in [0.1, 0.15) is 16.9 Å². The van der Waals surface area contributed by atoms with E-state index in [9.17, 15) is 9.59 Å². The second-order valence-corrected chi connectivity index (χ2v) is 7.30. The molecule has 7 nitrogen and oxygen atoms in total. The number of hydrazine groups is 1. The molecule has 1 fully saturated rings. The van der Waals surface area contributed by atoms with Crippen LogP contribution in [0.1, 0.15) is 10.9 Å². The van der Waals surface area contributed by atoms with E-state index in [0.29, 0.717) is 22.9 Å². The number of ether oxygens (including phenoxy) is 2. The van der Waals surface area contributed by atoms with Crippen LogP contribution >= 0.6 is 11.8 Å². The quantitative estimate of drug-likeness (QED) is 0.808. The first kappa shape index (κ1) is 18.4. The molecule has 8 heteroatoms. The van der Waals surface area contributed by atoms with Gasteiger partial charge in [0.15, 0.2) is 5.75 Å². The van der Waals surface area contributed by atoms with Crippen molar-refractivity contribution in [3.8, 4) is 11.5 Å². The van der Waals surface area contributed by atoms with E-state index >= 15 is 0 Å². The highest BCUT2D eigenvalue weighted by Gasteiger charge is 2.33. The fourth-order valence-electron chi connectivity index (χ4n) is 3.00. The van der Waals surface area contributed by atoms with Gasteiger partial charge >= 0.3 is 0 Å². The molecule has 2 amide bonds. The van der Waals surface area contributed by atoms with Crippen molar-refractivity contribution < 1.29 is 19.1 Å². The van der Waals surface area contributed by atoms with Gasteiger partial charge in [0.05, 0.1) is 25.1 Å². The first-order chi connectivity index (χ1) is 13.6. The van der Waals surface area contributed by atoms with Gasteiger partial charge in [-0.3, -0.25) is 14.6 Å². The number of nitrogens with one attached hydrogen (secondary N) is 2. The molecule has 4 rings (SSSR count). The summed E-state index contributed by atoms with van der Waals surface area (Å²) in [7, 11) is 1.62. The first-order valence-corrected chi connectivity index (χ1v) is 9.78. The molecular formula is C20H19N3O4S. The minimum atomic E-state index is -0.268. The molecule has 0 spiro atoms. The van der Waals surface area contributed by atoms with Crippen molar-refractivity contribution >= 4 is 29.3 Å². The van der Waals surface area contributed by atoms with Gasteiger partial charge in [-0.1, -0.05) is 24.3 Å². The van der Waals surface area contributed by atoms with Crippen LogP contribution < -0.4 is 20.2 Å². The van der Waals surface area contributed by atoms with E-state index in [1.807, 2.05) is 36.4 Å². The lowest BCUT2D eigenvalue weighted by Crippen LogP contribution is -2.42. The summed E-state index contributed by atoms with van der Waals surface area (Å²) in [6.07, 6.45) is 1.39. The summed E-state index contributed by atoms with van der Waals surface area (Å²) in [6.45, 7) is 0.209. The molecule has 0 saturated carbocycles. The Bertz CT molecular complexity index is 929. The van der Waals surface area contributed by atoms with Gasteiger partial charge in [-0.05, 0) is 29.8 Å². The second-order valence-electron chi connectivity index (χ2n) is 6.23. The van der Waals surface area contributed by atoms with Crippen LogP contribution in [0.25, 0.3) is 0 Å². The van der Waals surface area contributed by atoms with Crippen LogP contribution in [0.15, 0.2) is 60.4 Å². The number of methoxy groups -OCH3 is 1. The van der Waals surface area contributed by atoms with Crippen LogP contribution in [0, 0.1) is 0 Å². The Hall–Kier alpha value is -2.97. The van der Waals surface area contributed by atoms with Gasteiger partial charge in [-0.15, -0.1) is 11.8 Å². The summed E-state index contributed by atoms with van der Waals surface area (Å²) < 4.78 is 11.0. The molecule has 2 N–H and O–H groups in total. The number of nitrogens with zero attached hydrogens (tertiary/aromatic N) is 1. The largest absolute Gasteiger partial charge is 0.497 e. The molecule has 144 valence electrons. The number of fused-ring (bicyclic) bond motifs is 1. The summed E-state index contributed by atoms with van der Waals surface area (Å²) >= 11 is 1.54. The molecule has 1 saturated heterocycles. The number of carbonyl (C=O) groups excluding carboxylic acids is 2. The van der Waals surface area contributed by atoms with Crippen LogP contribution in [-0.2, 0) is 9.59 Å². The molecule has 2 aromatic carbocycles. The Morgan fingerprint density at radius 1 is 1.21 bits per heavy atom. The highest BCUT2D eigenvalue weighted by Crippen LogP contribution is 2.38. The van der Waals surface area contributed by atoms with Gasteiger partial charge in [0.2, 0.25) is 5.91 Å². The Morgan fingerprint density at radius 3 is 2.79 bits per heavy atom. The third-order valence-corrected chi connectivity index (χ3v) is 5.58. The fourth-order valence-corrected chi connectivity index (χ4v) is 4.14. The number of hydrogen-bond donors (Lipinski definition) is 2. The van der Waals surface area contributed by atoms with Gasteiger partial charge in [0.25, 0.3) is 5.91 Å². The Morgan fingerprint density at radius 2 is 2.00 bits per heavy atom. The van der Waals surface area contributed by atoms with Crippen molar-refractivity contribution in [2.24, 2.45) is 0 Å². The van der Waals surface area contributed by atoms with Gasteiger partial charge < -0.3 is 14.8 Å². The normalized spacial score (nSPS) is 18.7. The minimum Gasteiger partial charge on any atom is -0.497 e. The van der Waals surface area contributed by atoms with E-state index in [2.05, 4.69) is 10.7 Å². The van der Waals surface area contributed by atoms with Crippen LogP contribution in [-0.4, -0.2) is 36.2 Å². The third kappa shape index (κ3) is 3.83. The zero-order valence-electron chi connectivity index (χ0n) is 15.2. The second kappa shape index (κ2) is 7.95. The summed E-state index contributed by atoms with van der Waals surface area (Å²) in [4.78, 5) is 24.4.